The van der Waals surface area contributed by atoms with E-state index >= 15 is 0 Å². The van der Waals surface area contributed by atoms with Crippen molar-refractivity contribution >= 4 is 5.91 Å². The number of amides is 1. The van der Waals surface area contributed by atoms with Gasteiger partial charge in [0, 0.05) is 32.3 Å². The molecule has 0 saturated carbocycles. The summed E-state index contributed by atoms with van der Waals surface area (Å²) >= 11 is 0. The van der Waals surface area contributed by atoms with Crippen LogP contribution in [0.15, 0.2) is 16.8 Å². The van der Waals surface area contributed by atoms with Gasteiger partial charge in [0.2, 0.25) is 5.91 Å². The number of rotatable bonds is 6. The minimum absolute atomic E-state index is 0.213. The van der Waals surface area contributed by atoms with Crippen LogP contribution in [0.25, 0.3) is 0 Å². The third kappa shape index (κ3) is 4.04. The summed E-state index contributed by atoms with van der Waals surface area (Å²) in [4.78, 5) is 16.4. The third-order valence-electron chi connectivity index (χ3n) is 4.17. The van der Waals surface area contributed by atoms with Crippen molar-refractivity contribution in [2.24, 2.45) is 0 Å². The second-order valence-corrected chi connectivity index (χ2v) is 5.87. The zero-order valence-electron chi connectivity index (χ0n) is 12.4. The van der Waals surface area contributed by atoms with Gasteiger partial charge in [-0.2, -0.15) is 0 Å². The van der Waals surface area contributed by atoms with Crippen molar-refractivity contribution in [3.8, 4) is 0 Å². The standard InChI is InChI=1S/C15H23N3O3/c19-15(18-7-1-2-8-18)12-17(10-13-4-3-9-20-13)11-14-5-6-16-21-14/h5-6,13H,1-4,7-12H2. The van der Waals surface area contributed by atoms with E-state index in [2.05, 4.69) is 10.1 Å². The summed E-state index contributed by atoms with van der Waals surface area (Å²) in [5.41, 5.74) is 0. The topological polar surface area (TPSA) is 58.8 Å². The monoisotopic (exact) mass is 293 g/mol. The molecule has 1 atom stereocenters. The summed E-state index contributed by atoms with van der Waals surface area (Å²) in [6.07, 6.45) is 6.31. The molecule has 116 valence electrons. The van der Waals surface area contributed by atoms with Crippen LogP contribution in [0.3, 0.4) is 0 Å². The summed E-state index contributed by atoms with van der Waals surface area (Å²) in [5, 5.41) is 3.74. The van der Waals surface area contributed by atoms with Gasteiger partial charge < -0.3 is 14.2 Å². The molecule has 0 bridgehead atoms. The molecule has 6 heteroatoms. The summed E-state index contributed by atoms with van der Waals surface area (Å²) in [6.45, 7) is 4.45. The number of carbonyl (C=O) groups excluding carboxylic acids is 1. The highest BCUT2D eigenvalue weighted by Gasteiger charge is 2.24. The Morgan fingerprint density at radius 1 is 1.38 bits per heavy atom. The van der Waals surface area contributed by atoms with E-state index in [4.69, 9.17) is 9.26 Å². The van der Waals surface area contributed by atoms with Crippen LogP contribution in [0.4, 0.5) is 0 Å². The molecule has 2 aliphatic rings. The molecule has 2 aliphatic heterocycles. The first-order valence-corrected chi connectivity index (χ1v) is 7.82. The predicted molar refractivity (Wildman–Crippen MR) is 76.6 cm³/mol. The highest BCUT2D eigenvalue weighted by molar-refractivity contribution is 5.78. The quantitative estimate of drug-likeness (QED) is 0.791. The summed E-state index contributed by atoms with van der Waals surface area (Å²) in [6, 6.07) is 1.85. The maximum atomic E-state index is 12.4. The van der Waals surface area contributed by atoms with Crippen molar-refractivity contribution in [1.82, 2.24) is 15.0 Å². The minimum Gasteiger partial charge on any atom is -0.377 e. The van der Waals surface area contributed by atoms with E-state index in [1.807, 2.05) is 11.0 Å². The average Bonchev–Trinajstić information content (AvgIpc) is 3.22. The molecule has 0 N–H and O–H groups in total. The number of likely N-dealkylation sites (tertiary alicyclic amines) is 1. The minimum atomic E-state index is 0.213. The molecule has 21 heavy (non-hydrogen) atoms. The third-order valence-corrected chi connectivity index (χ3v) is 4.17. The molecule has 2 fully saturated rings. The van der Waals surface area contributed by atoms with E-state index in [0.29, 0.717) is 13.1 Å². The molecule has 2 saturated heterocycles. The van der Waals surface area contributed by atoms with Crippen molar-refractivity contribution < 1.29 is 14.1 Å². The van der Waals surface area contributed by atoms with Crippen LogP contribution in [-0.4, -0.2) is 59.8 Å². The largest absolute Gasteiger partial charge is 0.377 e. The fourth-order valence-electron chi connectivity index (χ4n) is 3.06. The lowest BCUT2D eigenvalue weighted by atomic mass is 10.2. The fraction of sp³-hybridized carbons (Fsp3) is 0.733. The number of aromatic nitrogens is 1. The second-order valence-electron chi connectivity index (χ2n) is 5.87. The van der Waals surface area contributed by atoms with Crippen LogP contribution >= 0.6 is 0 Å². The SMILES string of the molecule is O=C(CN(Cc1ccno1)CC1CCCO1)N1CCCC1. The van der Waals surface area contributed by atoms with E-state index in [-0.39, 0.29) is 12.0 Å². The van der Waals surface area contributed by atoms with Crippen LogP contribution in [0.1, 0.15) is 31.4 Å². The van der Waals surface area contributed by atoms with Crippen molar-refractivity contribution in [1.29, 1.82) is 0 Å². The van der Waals surface area contributed by atoms with Gasteiger partial charge in [0.25, 0.3) is 0 Å². The summed E-state index contributed by atoms with van der Waals surface area (Å²) < 4.78 is 10.9. The number of carbonyl (C=O) groups is 1. The summed E-state index contributed by atoms with van der Waals surface area (Å²) in [5.74, 6) is 1.01. The Morgan fingerprint density at radius 3 is 2.90 bits per heavy atom. The van der Waals surface area contributed by atoms with E-state index in [9.17, 15) is 4.79 Å². The van der Waals surface area contributed by atoms with Crippen molar-refractivity contribution in [3.63, 3.8) is 0 Å². The smallest absolute Gasteiger partial charge is 0.236 e. The molecule has 1 aromatic rings. The van der Waals surface area contributed by atoms with Gasteiger partial charge in [0.15, 0.2) is 5.76 Å². The molecule has 0 aromatic carbocycles. The Balaban J connectivity index is 1.58. The van der Waals surface area contributed by atoms with E-state index in [1.54, 1.807) is 6.20 Å². The zero-order valence-corrected chi connectivity index (χ0v) is 12.4. The number of ether oxygens (including phenoxy) is 1. The van der Waals surface area contributed by atoms with Crippen molar-refractivity contribution in [3.05, 3.63) is 18.0 Å². The second kappa shape index (κ2) is 7.04. The number of hydrogen-bond acceptors (Lipinski definition) is 5. The maximum Gasteiger partial charge on any atom is 0.236 e. The molecule has 0 aliphatic carbocycles. The van der Waals surface area contributed by atoms with Gasteiger partial charge in [0.1, 0.15) is 0 Å². The fourth-order valence-corrected chi connectivity index (χ4v) is 3.06. The Bertz CT molecular complexity index is 437. The molecule has 1 amide bonds. The predicted octanol–water partition coefficient (Wildman–Crippen LogP) is 1.28. The first kappa shape index (κ1) is 14.5. The molecular formula is C15H23N3O3. The summed E-state index contributed by atoms with van der Waals surface area (Å²) in [7, 11) is 0. The Morgan fingerprint density at radius 2 is 2.24 bits per heavy atom. The van der Waals surface area contributed by atoms with E-state index in [0.717, 1.165) is 57.7 Å². The first-order chi connectivity index (χ1) is 10.3. The lowest BCUT2D eigenvalue weighted by Gasteiger charge is -2.26. The molecule has 1 unspecified atom stereocenters. The molecule has 0 spiro atoms. The zero-order chi connectivity index (χ0) is 14.5. The number of hydrogen-bond donors (Lipinski definition) is 0. The van der Waals surface area contributed by atoms with Gasteiger partial charge >= 0.3 is 0 Å². The average molecular weight is 293 g/mol. The highest BCUT2D eigenvalue weighted by atomic mass is 16.5. The molecule has 3 rings (SSSR count). The van der Waals surface area contributed by atoms with Gasteiger partial charge in [-0.3, -0.25) is 9.69 Å². The van der Waals surface area contributed by atoms with Crippen LogP contribution in [0.2, 0.25) is 0 Å². The lowest BCUT2D eigenvalue weighted by Crippen LogP contribution is -2.41. The molecule has 6 nitrogen and oxygen atoms in total. The van der Waals surface area contributed by atoms with Crippen LogP contribution < -0.4 is 0 Å². The van der Waals surface area contributed by atoms with Gasteiger partial charge in [0.05, 0.1) is 25.4 Å². The molecule has 1 aromatic heterocycles. The van der Waals surface area contributed by atoms with Gasteiger partial charge in [-0.1, -0.05) is 5.16 Å². The van der Waals surface area contributed by atoms with Crippen LogP contribution in [0.5, 0.6) is 0 Å². The van der Waals surface area contributed by atoms with Gasteiger partial charge in [-0.25, -0.2) is 0 Å². The van der Waals surface area contributed by atoms with E-state index in [1.165, 1.54) is 0 Å². The van der Waals surface area contributed by atoms with Gasteiger partial charge in [-0.15, -0.1) is 0 Å². The number of nitrogens with zero attached hydrogens (tertiary/aromatic N) is 3. The Hall–Kier alpha value is -1.40. The Kier molecular flexibility index (Phi) is 4.87. The molecule has 3 heterocycles. The molecule has 0 radical (unpaired) electrons. The Labute approximate surface area is 125 Å². The normalized spacial score (nSPS) is 22.3. The first-order valence-electron chi connectivity index (χ1n) is 7.82. The van der Waals surface area contributed by atoms with Crippen LogP contribution in [-0.2, 0) is 16.1 Å². The molecular weight excluding hydrogens is 270 g/mol. The van der Waals surface area contributed by atoms with E-state index < -0.39 is 0 Å². The lowest BCUT2D eigenvalue weighted by molar-refractivity contribution is -0.131. The van der Waals surface area contributed by atoms with Gasteiger partial charge in [-0.05, 0) is 25.7 Å². The maximum absolute atomic E-state index is 12.4. The van der Waals surface area contributed by atoms with Crippen LogP contribution in [0, 0.1) is 0 Å². The van der Waals surface area contributed by atoms with Crippen molar-refractivity contribution in [2.45, 2.75) is 38.3 Å². The van der Waals surface area contributed by atoms with Crippen molar-refractivity contribution in [2.75, 3.05) is 32.8 Å². The highest BCUT2D eigenvalue weighted by Crippen LogP contribution is 2.16.